The van der Waals surface area contributed by atoms with Crippen LogP contribution in [0.15, 0.2) is 18.2 Å². The summed E-state index contributed by atoms with van der Waals surface area (Å²) in [5.74, 6) is 0.00413. The van der Waals surface area contributed by atoms with Crippen LogP contribution in [-0.2, 0) is 7.05 Å². The Hall–Kier alpha value is -2.21. The Balaban J connectivity index is 1.93. The van der Waals surface area contributed by atoms with E-state index in [1.54, 1.807) is 10.7 Å². The number of aliphatic hydroxyl groups excluding tert-OH is 1. The van der Waals surface area contributed by atoms with E-state index in [-0.39, 0.29) is 24.5 Å². The summed E-state index contributed by atoms with van der Waals surface area (Å²) in [5, 5.41) is 17.3. The second kappa shape index (κ2) is 5.53. The first kappa shape index (κ1) is 14.7. The van der Waals surface area contributed by atoms with Gasteiger partial charge in [-0.05, 0) is 26.3 Å². The van der Waals surface area contributed by atoms with Gasteiger partial charge in [0.05, 0.1) is 16.6 Å². The number of amides is 1. The Labute approximate surface area is 128 Å². The molecule has 2 aromatic rings. The average molecular weight is 300 g/mol. The normalized spacial score (nSPS) is 20.7. The summed E-state index contributed by atoms with van der Waals surface area (Å²) >= 11 is 0. The number of aryl methyl sites for hydroxylation is 3. The van der Waals surface area contributed by atoms with Gasteiger partial charge in [0.2, 0.25) is 0 Å². The van der Waals surface area contributed by atoms with Crippen molar-refractivity contribution in [3.63, 3.8) is 0 Å². The average Bonchev–Trinajstić information content (AvgIpc) is 3.03. The Morgan fingerprint density at radius 1 is 1.45 bits per heavy atom. The van der Waals surface area contributed by atoms with Crippen molar-refractivity contribution < 1.29 is 9.90 Å². The molecule has 0 aromatic carbocycles. The highest BCUT2D eigenvalue weighted by atomic mass is 16.3. The van der Waals surface area contributed by atoms with Gasteiger partial charge < -0.3 is 10.4 Å². The third kappa shape index (κ3) is 2.50. The Morgan fingerprint density at radius 3 is 2.91 bits per heavy atom. The SMILES string of the molecule is Cc1cc(C(=O)N[C@@H]2C=C[C@H](CO)C2)c2c(C)nn(C)c2n1. The van der Waals surface area contributed by atoms with Crippen molar-refractivity contribution in [3.8, 4) is 0 Å². The molecule has 0 saturated heterocycles. The van der Waals surface area contributed by atoms with Gasteiger partial charge in [-0.3, -0.25) is 9.48 Å². The van der Waals surface area contributed by atoms with Gasteiger partial charge in [-0.2, -0.15) is 5.10 Å². The van der Waals surface area contributed by atoms with Gasteiger partial charge in [-0.1, -0.05) is 12.2 Å². The van der Waals surface area contributed by atoms with E-state index in [4.69, 9.17) is 5.11 Å². The predicted molar refractivity (Wildman–Crippen MR) is 83.6 cm³/mol. The van der Waals surface area contributed by atoms with Crippen molar-refractivity contribution in [2.45, 2.75) is 26.3 Å². The third-order valence-corrected chi connectivity index (χ3v) is 4.06. The molecule has 1 aliphatic rings. The van der Waals surface area contributed by atoms with Crippen molar-refractivity contribution in [1.29, 1.82) is 0 Å². The maximum absolute atomic E-state index is 12.7. The number of aliphatic hydroxyl groups is 1. The zero-order valence-corrected chi connectivity index (χ0v) is 13.0. The van der Waals surface area contributed by atoms with Crippen LogP contribution in [0, 0.1) is 19.8 Å². The van der Waals surface area contributed by atoms with Crippen molar-refractivity contribution >= 4 is 16.9 Å². The van der Waals surface area contributed by atoms with Crippen molar-refractivity contribution in [3.05, 3.63) is 35.2 Å². The lowest BCUT2D eigenvalue weighted by Crippen LogP contribution is -2.33. The molecular formula is C16H20N4O2. The molecule has 1 amide bonds. The Morgan fingerprint density at radius 2 is 2.23 bits per heavy atom. The van der Waals surface area contributed by atoms with Crippen LogP contribution >= 0.6 is 0 Å². The molecule has 0 fully saturated rings. The number of hydrogen-bond acceptors (Lipinski definition) is 4. The number of pyridine rings is 1. The summed E-state index contributed by atoms with van der Waals surface area (Å²) in [6, 6.07) is 1.76. The highest BCUT2D eigenvalue weighted by Crippen LogP contribution is 2.23. The molecule has 2 heterocycles. The van der Waals surface area contributed by atoms with E-state index in [0.717, 1.165) is 28.8 Å². The molecule has 3 rings (SSSR count). The number of aromatic nitrogens is 3. The van der Waals surface area contributed by atoms with E-state index in [0.29, 0.717) is 5.56 Å². The van der Waals surface area contributed by atoms with Gasteiger partial charge in [0.25, 0.3) is 5.91 Å². The van der Waals surface area contributed by atoms with Crippen LogP contribution < -0.4 is 5.32 Å². The fourth-order valence-corrected chi connectivity index (χ4v) is 3.01. The largest absolute Gasteiger partial charge is 0.396 e. The van der Waals surface area contributed by atoms with Crippen molar-refractivity contribution in [1.82, 2.24) is 20.1 Å². The smallest absolute Gasteiger partial charge is 0.252 e. The molecule has 0 bridgehead atoms. The first-order valence-electron chi connectivity index (χ1n) is 7.40. The summed E-state index contributed by atoms with van der Waals surface area (Å²) in [6.07, 6.45) is 4.63. The molecule has 0 unspecified atom stereocenters. The minimum Gasteiger partial charge on any atom is -0.396 e. The van der Waals surface area contributed by atoms with Crippen LogP contribution in [0.5, 0.6) is 0 Å². The van der Waals surface area contributed by atoms with E-state index in [9.17, 15) is 4.79 Å². The molecular weight excluding hydrogens is 280 g/mol. The summed E-state index contributed by atoms with van der Waals surface area (Å²) in [4.78, 5) is 17.1. The lowest BCUT2D eigenvalue weighted by Gasteiger charge is -2.13. The monoisotopic (exact) mass is 300 g/mol. The minimum atomic E-state index is -0.125. The lowest BCUT2D eigenvalue weighted by atomic mass is 10.1. The number of carbonyl (C=O) groups excluding carboxylic acids is 1. The third-order valence-electron chi connectivity index (χ3n) is 4.06. The van der Waals surface area contributed by atoms with E-state index in [1.807, 2.05) is 33.0 Å². The van der Waals surface area contributed by atoms with Crippen LogP contribution in [0.3, 0.4) is 0 Å². The van der Waals surface area contributed by atoms with Crippen molar-refractivity contribution in [2.24, 2.45) is 13.0 Å². The highest BCUT2D eigenvalue weighted by molar-refractivity contribution is 6.06. The number of nitrogens with one attached hydrogen (secondary N) is 1. The van der Waals surface area contributed by atoms with Crippen LogP contribution in [0.25, 0.3) is 11.0 Å². The fraction of sp³-hybridized carbons (Fsp3) is 0.438. The van der Waals surface area contributed by atoms with Crippen LogP contribution in [-0.4, -0.2) is 38.4 Å². The highest BCUT2D eigenvalue weighted by Gasteiger charge is 2.23. The Bertz CT molecular complexity index is 763. The number of hydrogen-bond donors (Lipinski definition) is 2. The fourth-order valence-electron chi connectivity index (χ4n) is 3.01. The maximum Gasteiger partial charge on any atom is 0.252 e. The van der Waals surface area contributed by atoms with E-state index >= 15 is 0 Å². The number of nitrogens with zero attached hydrogens (tertiary/aromatic N) is 3. The zero-order valence-electron chi connectivity index (χ0n) is 13.0. The Kier molecular flexibility index (Phi) is 3.70. The van der Waals surface area contributed by atoms with Crippen molar-refractivity contribution in [2.75, 3.05) is 6.61 Å². The molecule has 0 saturated carbocycles. The molecule has 1 aliphatic carbocycles. The quantitative estimate of drug-likeness (QED) is 0.836. The summed E-state index contributed by atoms with van der Waals surface area (Å²) in [5.41, 5.74) is 2.91. The van der Waals surface area contributed by atoms with Gasteiger partial charge in [0.1, 0.15) is 0 Å². The standard InChI is InChI=1S/C16H20N4O2/c1-9-6-13(14-10(2)19-20(3)15(14)17-9)16(22)18-12-5-4-11(7-12)8-21/h4-6,11-12,21H,7-8H2,1-3H3,(H,18,22)/t11-,12+/m0/s1. The predicted octanol–water partition coefficient (Wildman–Crippen LogP) is 1.25. The van der Waals surface area contributed by atoms with Crippen LogP contribution in [0.1, 0.15) is 28.2 Å². The zero-order chi connectivity index (χ0) is 15.9. The minimum absolute atomic E-state index is 0.0369. The number of carbonyl (C=O) groups is 1. The molecule has 2 atom stereocenters. The van der Waals surface area contributed by atoms with Gasteiger partial charge in [-0.15, -0.1) is 0 Å². The first-order chi connectivity index (χ1) is 10.5. The van der Waals surface area contributed by atoms with Gasteiger partial charge in [0.15, 0.2) is 5.65 Å². The molecule has 2 N–H and O–H groups in total. The molecule has 6 heteroatoms. The van der Waals surface area contributed by atoms with E-state index in [1.165, 1.54) is 0 Å². The molecule has 0 aliphatic heterocycles. The van der Waals surface area contributed by atoms with E-state index in [2.05, 4.69) is 15.4 Å². The number of fused-ring (bicyclic) bond motifs is 1. The van der Waals surface area contributed by atoms with E-state index < -0.39 is 0 Å². The molecule has 0 radical (unpaired) electrons. The summed E-state index contributed by atoms with van der Waals surface area (Å²) < 4.78 is 1.70. The lowest BCUT2D eigenvalue weighted by molar-refractivity contribution is 0.0942. The second-order valence-electron chi connectivity index (χ2n) is 5.86. The molecule has 0 spiro atoms. The first-order valence-corrected chi connectivity index (χ1v) is 7.40. The second-order valence-corrected chi connectivity index (χ2v) is 5.86. The van der Waals surface area contributed by atoms with Gasteiger partial charge >= 0.3 is 0 Å². The molecule has 22 heavy (non-hydrogen) atoms. The van der Waals surface area contributed by atoms with Crippen LogP contribution in [0.2, 0.25) is 0 Å². The topological polar surface area (TPSA) is 80.0 Å². The molecule has 6 nitrogen and oxygen atoms in total. The summed E-state index contributed by atoms with van der Waals surface area (Å²) in [7, 11) is 1.83. The van der Waals surface area contributed by atoms with Gasteiger partial charge in [-0.25, -0.2) is 4.98 Å². The molecule has 2 aromatic heterocycles. The van der Waals surface area contributed by atoms with Gasteiger partial charge in [0, 0.05) is 31.3 Å². The summed E-state index contributed by atoms with van der Waals surface area (Å²) in [6.45, 7) is 3.87. The number of rotatable bonds is 3. The molecule has 116 valence electrons. The maximum atomic E-state index is 12.7. The van der Waals surface area contributed by atoms with Crippen LogP contribution in [0.4, 0.5) is 0 Å².